The Morgan fingerprint density at radius 3 is 2.80 bits per heavy atom. The van der Waals surface area contributed by atoms with E-state index in [1.807, 2.05) is 24.0 Å². The molecule has 2 aliphatic heterocycles. The third-order valence-electron chi connectivity index (χ3n) is 5.67. The molecule has 2 saturated heterocycles. The van der Waals surface area contributed by atoms with E-state index in [1.54, 1.807) is 6.20 Å². The number of amides is 2. The van der Waals surface area contributed by atoms with Crippen LogP contribution in [0.4, 0.5) is 0 Å². The average molecular weight is 343 g/mol. The van der Waals surface area contributed by atoms with Gasteiger partial charge in [0.25, 0.3) is 5.91 Å². The van der Waals surface area contributed by atoms with Crippen LogP contribution >= 0.6 is 0 Å². The Morgan fingerprint density at radius 2 is 2.16 bits per heavy atom. The maximum atomic E-state index is 12.8. The van der Waals surface area contributed by atoms with E-state index in [0.717, 1.165) is 25.0 Å². The molecule has 6 nitrogen and oxygen atoms in total. The van der Waals surface area contributed by atoms with Gasteiger partial charge in [0.2, 0.25) is 5.91 Å². The lowest BCUT2D eigenvalue weighted by molar-refractivity contribution is -0.129. The molecular weight excluding hydrogens is 318 g/mol. The summed E-state index contributed by atoms with van der Waals surface area (Å²) in [5, 5.41) is 3.13. The number of fused-ring (bicyclic) bond motifs is 2. The number of pyridine rings is 1. The molecule has 3 aliphatic rings. The molecule has 0 spiro atoms. The summed E-state index contributed by atoms with van der Waals surface area (Å²) < 4.78 is 5.95. The van der Waals surface area contributed by atoms with Crippen molar-refractivity contribution in [1.82, 2.24) is 15.2 Å². The molecule has 2 bridgehead atoms. The average Bonchev–Trinajstić information content (AvgIpc) is 2.91. The van der Waals surface area contributed by atoms with E-state index in [4.69, 9.17) is 4.74 Å². The zero-order valence-electron chi connectivity index (χ0n) is 14.6. The highest BCUT2D eigenvalue weighted by molar-refractivity contribution is 5.94. The lowest BCUT2D eigenvalue weighted by atomic mass is 9.91. The summed E-state index contributed by atoms with van der Waals surface area (Å²) in [6.07, 6.45) is 6.35. The minimum Gasteiger partial charge on any atom is -0.370 e. The van der Waals surface area contributed by atoms with Gasteiger partial charge in [0.05, 0.1) is 23.7 Å². The van der Waals surface area contributed by atoms with E-state index in [0.29, 0.717) is 31.1 Å². The fourth-order valence-corrected chi connectivity index (χ4v) is 3.90. The number of aromatic nitrogens is 1. The van der Waals surface area contributed by atoms with Crippen LogP contribution in [0.3, 0.4) is 0 Å². The second-order valence-electron chi connectivity index (χ2n) is 7.38. The molecule has 25 heavy (non-hydrogen) atoms. The number of aryl methyl sites for hydroxylation is 1. The predicted molar refractivity (Wildman–Crippen MR) is 92.1 cm³/mol. The van der Waals surface area contributed by atoms with Crippen LogP contribution in [-0.2, 0) is 16.0 Å². The Hall–Kier alpha value is -1.95. The van der Waals surface area contributed by atoms with Gasteiger partial charge in [-0.1, -0.05) is 6.92 Å². The van der Waals surface area contributed by atoms with Crippen molar-refractivity contribution in [2.24, 2.45) is 5.92 Å². The zero-order valence-corrected chi connectivity index (χ0v) is 14.6. The van der Waals surface area contributed by atoms with Crippen LogP contribution in [0.2, 0.25) is 0 Å². The highest BCUT2D eigenvalue weighted by atomic mass is 16.5. The Morgan fingerprint density at radius 1 is 1.32 bits per heavy atom. The van der Waals surface area contributed by atoms with Gasteiger partial charge >= 0.3 is 0 Å². The summed E-state index contributed by atoms with van der Waals surface area (Å²) >= 11 is 0. The second kappa shape index (κ2) is 6.75. The van der Waals surface area contributed by atoms with Crippen molar-refractivity contribution in [3.05, 3.63) is 29.6 Å². The second-order valence-corrected chi connectivity index (χ2v) is 7.38. The highest BCUT2D eigenvalue weighted by Gasteiger charge is 2.46. The molecule has 134 valence electrons. The van der Waals surface area contributed by atoms with E-state index >= 15 is 0 Å². The van der Waals surface area contributed by atoms with Crippen LogP contribution in [0.15, 0.2) is 18.3 Å². The number of likely N-dealkylation sites (tertiary alicyclic amines) is 1. The summed E-state index contributed by atoms with van der Waals surface area (Å²) in [6, 6.07) is 4.08. The summed E-state index contributed by atoms with van der Waals surface area (Å²) in [5.74, 6) is -0.0574. The van der Waals surface area contributed by atoms with Crippen molar-refractivity contribution < 1.29 is 14.3 Å². The van der Waals surface area contributed by atoms with Crippen molar-refractivity contribution in [2.45, 2.75) is 57.3 Å². The number of nitrogens with one attached hydrogen (secondary N) is 1. The lowest BCUT2D eigenvalue weighted by Crippen LogP contribution is -2.49. The van der Waals surface area contributed by atoms with E-state index in [2.05, 4.69) is 10.3 Å². The monoisotopic (exact) mass is 343 g/mol. The third-order valence-corrected chi connectivity index (χ3v) is 5.67. The van der Waals surface area contributed by atoms with Crippen molar-refractivity contribution in [1.29, 1.82) is 0 Å². The topological polar surface area (TPSA) is 71.5 Å². The minimum absolute atomic E-state index is 0.0199. The van der Waals surface area contributed by atoms with Gasteiger partial charge in [-0.3, -0.25) is 14.6 Å². The van der Waals surface area contributed by atoms with Crippen LogP contribution in [0.25, 0.3) is 0 Å². The molecule has 3 heterocycles. The molecule has 4 rings (SSSR count). The molecule has 1 N–H and O–H groups in total. The number of carbonyl (C=O) groups is 2. The molecule has 6 heteroatoms. The number of hydrogen-bond donors (Lipinski definition) is 1. The first-order chi connectivity index (χ1) is 12.1. The van der Waals surface area contributed by atoms with Gasteiger partial charge in [0.1, 0.15) is 0 Å². The van der Waals surface area contributed by atoms with Gasteiger partial charge in [-0.2, -0.15) is 0 Å². The van der Waals surface area contributed by atoms with Crippen LogP contribution in [0, 0.1) is 5.92 Å². The van der Waals surface area contributed by atoms with E-state index in [1.165, 1.54) is 6.42 Å². The summed E-state index contributed by atoms with van der Waals surface area (Å²) in [6.45, 7) is 3.07. The maximum Gasteiger partial charge on any atom is 0.255 e. The van der Waals surface area contributed by atoms with Gasteiger partial charge in [0.15, 0.2) is 0 Å². The summed E-state index contributed by atoms with van der Waals surface area (Å²) in [5.41, 5.74) is 1.58. The van der Waals surface area contributed by atoms with E-state index in [9.17, 15) is 9.59 Å². The van der Waals surface area contributed by atoms with Gasteiger partial charge in [-0.15, -0.1) is 0 Å². The van der Waals surface area contributed by atoms with Gasteiger partial charge in [-0.05, 0) is 44.2 Å². The lowest BCUT2D eigenvalue weighted by Gasteiger charge is -2.33. The molecular formula is C19H25N3O3. The minimum atomic E-state index is -0.189. The number of morpholine rings is 1. The number of ether oxygens (including phenoxy) is 1. The SMILES string of the molecule is CCc1ccc(C(=O)N2CC3CC(C(=O)NC4CCC4)C(C2)O3)cn1. The van der Waals surface area contributed by atoms with Crippen molar-refractivity contribution in [3.8, 4) is 0 Å². The van der Waals surface area contributed by atoms with Gasteiger partial charge < -0.3 is 15.0 Å². The Kier molecular flexibility index (Phi) is 4.46. The molecule has 1 aromatic rings. The Labute approximate surface area is 147 Å². The fourth-order valence-electron chi connectivity index (χ4n) is 3.90. The Balaban J connectivity index is 1.40. The standard InChI is InChI=1S/C19H25N3O3/c1-2-13-7-6-12(9-20-13)19(24)22-10-15-8-16(17(11-22)25-15)18(23)21-14-4-3-5-14/h6-7,9,14-17H,2-5,8,10-11H2,1H3,(H,21,23). The molecule has 1 aromatic heterocycles. The van der Waals surface area contributed by atoms with Crippen LogP contribution in [0.5, 0.6) is 0 Å². The molecule has 1 aliphatic carbocycles. The first-order valence-electron chi connectivity index (χ1n) is 9.34. The van der Waals surface area contributed by atoms with Gasteiger partial charge in [-0.25, -0.2) is 0 Å². The Bertz CT molecular complexity index is 656. The zero-order chi connectivity index (χ0) is 17.4. The van der Waals surface area contributed by atoms with Crippen LogP contribution in [-0.4, -0.2) is 53.0 Å². The highest BCUT2D eigenvalue weighted by Crippen LogP contribution is 2.33. The fraction of sp³-hybridized carbons (Fsp3) is 0.632. The predicted octanol–water partition coefficient (Wildman–Crippen LogP) is 1.54. The molecule has 3 unspecified atom stereocenters. The van der Waals surface area contributed by atoms with Crippen LogP contribution in [0.1, 0.15) is 48.7 Å². The quantitative estimate of drug-likeness (QED) is 0.900. The van der Waals surface area contributed by atoms with Crippen molar-refractivity contribution in [2.75, 3.05) is 13.1 Å². The number of nitrogens with zero attached hydrogens (tertiary/aromatic N) is 2. The molecule has 3 fully saturated rings. The van der Waals surface area contributed by atoms with E-state index in [-0.39, 0.29) is 29.9 Å². The summed E-state index contributed by atoms with van der Waals surface area (Å²) in [4.78, 5) is 31.4. The molecule has 1 saturated carbocycles. The molecule has 0 aromatic carbocycles. The summed E-state index contributed by atoms with van der Waals surface area (Å²) in [7, 11) is 0. The first-order valence-corrected chi connectivity index (χ1v) is 9.34. The molecule has 3 atom stereocenters. The molecule has 0 radical (unpaired) electrons. The van der Waals surface area contributed by atoms with Crippen molar-refractivity contribution in [3.63, 3.8) is 0 Å². The first kappa shape index (κ1) is 16.5. The van der Waals surface area contributed by atoms with Crippen LogP contribution < -0.4 is 5.32 Å². The number of hydrogen-bond acceptors (Lipinski definition) is 4. The number of rotatable bonds is 4. The maximum absolute atomic E-state index is 12.8. The van der Waals surface area contributed by atoms with Crippen molar-refractivity contribution >= 4 is 11.8 Å². The smallest absolute Gasteiger partial charge is 0.255 e. The number of carbonyl (C=O) groups excluding carboxylic acids is 2. The third kappa shape index (κ3) is 3.27. The largest absolute Gasteiger partial charge is 0.370 e. The normalized spacial score (nSPS) is 28.5. The van der Waals surface area contributed by atoms with Gasteiger partial charge in [0, 0.05) is 31.0 Å². The van der Waals surface area contributed by atoms with E-state index < -0.39 is 0 Å². The molecule has 2 amide bonds.